The first-order valence-electron chi connectivity index (χ1n) is 10.8. The number of aryl methyl sites for hydroxylation is 1. The topological polar surface area (TPSA) is 86.1 Å². The van der Waals surface area contributed by atoms with Crippen LogP contribution in [0.5, 0.6) is 0 Å². The average molecular weight is 471 g/mol. The van der Waals surface area contributed by atoms with E-state index in [2.05, 4.69) is 15.5 Å². The standard InChI is InChI=1S/C23H26N4O3S2/c1-3-27-20(15-10-6-4-7-11-15)25-26-23(27)31-14-18(28)24-21-19(22(29)30-2)16-12-8-5-9-13-17(16)32-21/h4,6-7,10-11H,3,5,8-9,12-14H2,1-2H3,(H,24,28). The Labute approximate surface area is 195 Å². The van der Waals surface area contributed by atoms with Gasteiger partial charge in [0.05, 0.1) is 18.4 Å². The normalized spacial score (nSPS) is 13.3. The van der Waals surface area contributed by atoms with E-state index >= 15 is 0 Å². The first-order valence-corrected chi connectivity index (χ1v) is 12.6. The summed E-state index contributed by atoms with van der Waals surface area (Å²) in [5.74, 6) is 0.399. The molecule has 7 nitrogen and oxygen atoms in total. The number of methoxy groups -OCH3 is 1. The maximum Gasteiger partial charge on any atom is 0.341 e. The second-order valence-electron chi connectivity index (χ2n) is 7.51. The molecule has 0 bridgehead atoms. The predicted molar refractivity (Wildman–Crippen MR) is 127 cm³/mol. The Balaban J connectivity index is 1.48. The maximum atomic E-state index is 12.8. The highest BCUT2D eigenvalue weighted by atomic mass is 32.2. The fourth-order valence-electron chi connectivity index (χ4n) is 3.92. The summed E-state index contributed by atoms with van der Waals surface area (Å²) >= 11 is 2.84. The monoisotopic (exact) mass is 470 g/mol. The minimum absolute atomic E-state index is 0.177. The number of carbonyl (C=O) groups excluding carboxylic acids is 2. The Morgan fingerprint density at radius 1 is 1.16 bits per heavy atom. The largest absolute Gasteiger partial charge is 0.465 e. The third-order valence-corrected chi connectivity index (χ3v) is 7.64. The first kappa shape index (κ1) is 22.5. The van der Waals surface area contributed by atoms with Crippen molar-refractivity contribution in [2.45, 2.75) is 50.7 Å². The van der Waals surface area contributed by atoms with Crippen LogP contribution in [0.2, 0.25) is 0 Å². The number of hydrogen-bond acceptors (Lipinski definition) is 7. The number of fused-ring (bicyclic) bond motifs is 1. The molecule has 0 fully saturated rings. The van der Waals surface area contributed by atoms with Crippen molar-refractivity contribution in [1.29, 1.82) is 0 Å². The van der Waals surface area contributed by atoms with Gasteiger partial charge in [0.1, 0.15) is 5.00 Å². The SMILES string of the molecule is CCn1c(SCC(=O)Nc2sc3c(c2C(=O)OC)CCCCC3)nnc1-c1ccccc1. The van der Waals surface area contributed by atoms with Gasteiger partial charge >= 0.3 is 5.97 Å². The molecule has 3 aromatic rings. The number of thiophene rings is 1. The molecule has 1 amide bonds. The predicted octanol–water partition coefficient (Wildman–Crippen LogP) is 4.81. The molecule has 0 saturated carbocycles. The van der Waals surface area contributed by atoms with E-state index in [4.69, 9.17) is 4.74 Å². The molecular weight excluding hydrogens is 444 g/mol. The van der Waals surface area contributed by atoms with E-state index < -0.39 is 0 Å². The molecule has 4 rings (SSSR count). The van der Waals surface area contributed by atoms with E-state index in [1.54, 1.807) is 0 Å². The Hall–Kier alpha value is -2.65. The minimum Gasteiger partial charge on any atom is -0.465 e. The molecule has 0 saturated heterocycles. The van der Waals surface area contributed by atoms with E-state index in [1.165, 1.54) is 35.1 Å². The van der Waals surface area contributed by atoms with Gasteiger partial charge in [-0.25, -0.2) is 4.79 Å². The summed E-state index contributed by atoms with van der Waals surface area (Å²) in [4.78, 5) is 26.4. The lowest BCUT2D eigenvalue weighted by atomic mass is 10.1. The summed E-state index contributed by atoms with van der Waals surface area (Å²) in [7, 11) is 1.38. The van der Waals surface area contributed by atoms with Gasteiger partial charge in [-0.3, -0.25) is 4.79 Å². The van der Waals surface area contributed by atoms with Crippen LogP contribution < -0.4 is 5.32 Å². The van der Waals surface area contributed by atoms with E-state index in [1.807, 2.05) is 41.8 Å². The number of nitrogens with zero attached hydrogens (tertiary/aromatic N) is 3. The molecule has 1 aliphatic carbocycles. The zero-order chi connectivity index (χ0) is 22.5. The van der Waals surface area contributed by atoms with Crippen molar-refractivity contribution in [3.05, 3.63) is 46.3 Å². The van der Waals surface area contributed by atoms with Crippen LogP contribution in [0.25, 0.3) is 11.4 Å². The number of benzene rings is 1. The highest BCUT2D eigenvalue weighted by Gasteiger charge is 2.26. The van der Waals surface area contributed by atoms with Crippen LogP contribution in [0, 0.1) is 0 Å². The molecule has 0 atom stereocenters. The van der Waals surface area contributed by atoms with Gasteiger partial charge < -0.3 is 14.6 Å². The van der Waals surface area contributed by atoms with Crippen LogP contribution in [0.4, 0.5) is 5.00 Å². The molecule has 0 aliphatic heterocycles. The minimum atomic E-state index is -0.384. The van der Waals surface area contributed by atoms with E-state index in [0.29, 0.717) is 22.3 Å². The van der Waals surface area contributed by atoms with E-state index in [9.17, 15) is 9.59 Å². The molecule has 2 heterocycles. The van der Waals surface area contributed by atoms with E-state index in [0.717, 1.165) is 49.1 Å². The quantitative estimate of drug-likeness (QED) is 0.303. The second-order valence-corrected chi connectivity index (χ2v) is 9.56. The third-order valence-electron chi connectivity index (χ3n) is 5.46. The van der Waals surface area contributed by atoms with Crippen molar-refractivity contribution >= 4 is 40.0 Å². The number of anilines is 1. The molecule has 0 radical (unpaired) electrons. The molecule has 1 aromatic carbocycles. The summed E-state index contributed by atoms with van der Waals surface area (Å²) < 4.78 is 7.02. The number of carbonyl (C=O) groups is 2. The van der Waals surface area contributed by atoms with Gasteiger partial charge in [0, 0.05) is 17.0 Å². The number of hydrogen-bond donors (Lipinski definition) is 1. The van der Waals surface area contributed by atoms with E-state index in [-0.39, 0.29) is 17.6 Å². The summed E-state index contributed by atoms with van der Waals surface area (Å²) in [6, 6.07) is 9.87. The fourth-order valence-corrected chi connectivity index (χ4v) is 6.02. The zero-order valence-electron chi connectivity index (χ0n) is 18.2. The lowest BCUT2D eigenvalue weighted by molar-refractivity contribution is -0.113. The summed E-state index contributed by atoms with van der Waals surface area (Å²) in [5.41, 5.74) is 2.55. The Morgan fingerprint density at radius 3 is 2.69 bits per heavy atom. The fraction of sp³-hybridized carbons (Fsp3) is 0.391. The maximum absolute atomic E-state index is 12.8. The summed E-state index contributed by atoms with van der Waals surface area (Å²) in [6.07, 6.45) is 5.10. The highest BCUT2D eigenvalue weighted by molar-refractivity contribution is 7.99. The Kier molecular flexibility index (Phi) is 7.26. The molecule has 0 unspecified atom stereocenters. The summed E-state index contributed by atoms with van der Waals surface area (Å²) in [5, 5.41) is 12.8. The molecule has 2 aromatic heterocycles. The molecule has 9 heteroatoms. The molecule has 1 N–H and O–H groups in total. The number of thioether (sulfide) groups is 1. The molecule has 0 spiro atoms. The molecule has 168 valence electrons. The van der Waals surface area contributed by atoms with Crippen molar-refractivity contribution in [2.75, 3.05) is 18.2 Å². The highest BCUT2D eigenvalue weighted by Crippen LogP contribution is 2.38. The zero-order valence-corrected chi connectivity index (χ0v) is 19.9. The molecule has 1 aliphatic rings. The number of amides is 1. The first-order chi connectivity index (χ1) is 15.6. The number of esters is 1. The van der Waals surface area contributed by atoms with Gasteiger partial charge in [-0.15, -0.1) is 21.5 Å². The van der Waals surface area contributed by atoms with Gasteiger partial charge in [-0.1, -0.05) is 48.5 Å². The Morgan fingerprint density at radius 2 is 1.94 bits per heavy atom. The van der Waals surface area contributed by atoms with Gasteiger partial charge in [0.2, 0.25) is 5.91 Å². The van der Waals surface area contributed by atoms with Gasteiger partial charge in [-0.2, -0.15) is 0 Å². The van der Waals surface area contributed by atoms with Crippen molar-refractivity contribution in [2.24, 2.45) is 0 Å². The van der Waals surface area contributed by atoms with Crippen LogP contribution in [0.15, 0.2) is 35.5 Å². The van der Waals surface area contributed by atoms with Crippen LogP contribution in [-0.4, -0.2) is 39.5 Å². The second kappa shape index (κ2) is 10.3. The molecular formula is C23H26N4O3S2. The third kappa shape index (κ3) is 4.73. The lowest BCUT2D eigenvalue weighted by Crippen LogP contribution is -2.16. The number of nitrogens with one attached hydrogen (secondary N) is 1. The smallest absolute Gasteiger partial charge is 0.341 e. The van der Waals surface area contributed by atoms with Crippen LogP contribution in [0.1, 0.15) is 47.0 Å². The Bertz CT molecular complexity index is 1110. The van der Waals surface area contributed by atoms with Gasteiger partial charge in [-0.05, 0) is 38.2 Å². The van der Waals surface area contributed by atoms with Crippen molar-refractivity contribution in [3.63, 3.8) is 0 Å². The van der Waals surface area contributed by atoms with Crippen molar-refractivity contribution in [3.8, 4) is 11.4 Å². The average Bonchev–Trinajstić information content (AvgIpc) is 3.30. The van der Waals surface area contributed by atoms with Crippen molar-refractivity contribution in [1.82, 2.24) is 14.8 Å². The van der Waals surface area contributed by atoms with Crippen LogP contribution in [-0.2, 0) is 28.9 Å². The van der Waals surface area contributed by atoms with Crippen LogP contribution >= 0.6 is 23.1 Å². The van der Waals surface area contributed by atoms with Gasteiger partial charge in [0.15, 0.2) is 11.0 Å². The summed E-state index contributed by atoms with van der Waals surface area (Å²) in [6.45, 7) is 2.73. The number of rotatable bonds is 7. The number of ether oxygens (including phenoxy) is 1. The van der Waals surface area contributed by atoms with Gasteiger partial charge in [0.25, 0.3) is 0 Å². The van der Waals surface area contributed by atoms with Crippen molar-refractivity contribution < 1.29 is 14.3 Å². The molecule has 32 heavy (non-hydrogen) atoms. The number of aromatic nitrogens is 3. The lowest BCUT2D eigenvalue weighted by Gasteiger charge is -2.08. The van der Waals surface area contributed by atoms with Crippen LogP contribution in [0.3, 0.4) is 0 Å².